The van der Waals surface area contributed by atoms with Crippen molar-refractivity contribution >= 4 is 14.3 Å². The van der Waals surface area contributed by atoms with E-state index in [-0.39, 0.29) is 0 Å². The fraction of sp³-hybridized carbons (Fsp3) is 0.625. The minimum Gasteiger partial charge on any atom is -0.285 e. The van der Waals surface area contributed by atoms with Gasteiger partial charge in [0.05, 0.1) is 6.29 Å². The van der Waals surface area contributed by atoms with Crippen LogP contribution in [0.3, 0.4) is 0 Å². The molecule has 10 heavy (non-hydrogen) atoms. The van der Waals surface area contributed by atoms with Gasteiger partial charge in [0, 0.05) is 5.71 Å². The van der Waals surface area contributed by atoms with Crippen LogP contribution in [-0.4, -0.2) is 12.0 Å². The summed E-state index contributed by atoms with van der Waals surface area (Å²) in [6, 6.07) is 0. The standard InChI is InChI=1S/C8H12NP/c1-6-2-3-8-7(6)4-10-5-9-8/h4,6,10H,2-3,5H2,1H3. The highest BCUT2D eigenvalue weighted by Crippen LogP contribution is 2.35. The topological polar surface area (TPSA) is 12.4 Å². The molecular weight excluding hydrogens is 141 g/mol. The summed E-state index contributed by atoms with van der Waals surface area (Å²) in [7, 11) is 0.951. The first-order valence-electron chi connectivity index (χ1n) is 3.85. The van der Waals surface area contributed by atoms with Crippen molar-refractivity contribution < 1.29 is 0 Å². The Bertz CT molecular complexity index is 205. The molecule has 0 N–H and O–H groups in total. The van der Waals surface area contributed by atoms with Gasteiger partial charge in [-0.1, -0.05) is 21.3 Å². The second kappa shape index (κ2) is 2.47. The minimum atomic E-state index is 0.798. The van der Waals surface area contributed by atoms with Crippen LogP contribution in [0.5, 0.6) is 0 Å². The third-order valence-electron chi connectivity index (χ3n) is 2.30. The Morgan fingerprint density at radius 2 is 2.60 bits per heavy atom. The summed E-state index contributed by atoms with van der Waals surface area (Å²) in [5.41, 5.74) is 2.97. The van der Waals surface area contributed by atoms with Crippen LogP contribution < -0.4 is 0 Å². The zero-order chi connectivity index (χ0) is 6.97. The lowest BCUT2D eigenvalue weighted by Crippen LogP contribution is -2.00. The molecule has 1 fully saturated rings. The SMILES string of the molecule is CC1CCC2=NCPC=C21. The summed E-state index contributed by atoms with van der Waals surface area (Å²) in [6.45, 7) is 2.31. The Balaban J connectivity index is 2.31. The largest absolute Gasteiger partial charge is 0.285 e. The predicted octanol–water partition coefficient (Wildman–Crippen LogP) is 2.39. The lowest BCUT2D eigenvalue weighted by molar-refractivity contribution is 0.699. The van der Waals surface area contributed by atoms with Gasteiger partial charge in [-0.25, -0.2) is 0 Å². The molecule has 0 radical (unpaired) electrons. The average molecular weight is 153 g/mol. The van der Waals surface area contributed by atoms with Crippen LogP contribution in [0, 0.1) is 5.92 Å². The number of aliphatic imine (C=N–C) groups is 1. The molecule has 1 aliphatic heterocycles. The van der Waals surface area contributed by atoms with Crippen LogP contribution in [0.2, 0.25) is 0 Å². The second-order valence-electron chi connectivity index (χ2n) is 3.01. The number of hydrogen-bond donors (Lipinski definition) is 0. The molecule has 1 aliphatic carbocycles. The molecule has 1 heterocycles. The van der Waals surface area contributed by atoms with Crippen LogP contribution in [0.1, 0.15) is 19.8 Å². The van der Waals surface area contributed by atoms with Crippen molar-refractivity contribution in [3.63, 3.8) is 0 Å². The molecule has 0 aromatic heterocycles. The molecule has 2 unspecified atom stereocenters. The smallest absolute Gasteiger partial charge is 0.0596 e. The van der Waals surface area contributed by atoms with Gasteiger partial charge in [0.15, 0.2) is 0 Å². The molecule has 0 bridgehead atoms. The fourth-order valence-corrected chi connectivity index (χ4v) is 2.67. The van der Waals surface area contributed by atoms with Gasteiger partial charge in [-0.2, -0.15) is 0 Å². The molecule has 0 spiro atoms. The van der Waals surface area contributed by atoms with Gasteiger partial charge in [0.2, 0.25) is 0 Å². The molecule has 1 saturated carbocycles. The van der Waals surface area contributed by atoms with Gasteiger partial charge < -0.3 is 0 Å². The van der Waals surface area contributed by atoms with Gasteiger partial charge in [-0.05, 0) is 24.3 Å². The van der Waals surface area contributed by atoms with E-state index in [4.69, 9.17) is 0 Å². The van der Waals surface area contributed by atoms with E-state index in [1.54, 1.807) is 5.57 Å². The maximum Gasteiger partial charge on any atom is 0.0596 e. The van der Waals surface area contributed by atoms with Crippen molar-refractivity contribution in [2.24, 2.45) is 10.9 Å². The van der Waals surface area contributed by atoms with Crippen molar-refractivity contribution in [3.05, 3.63) is 11.4 Å². The van der Waals surface area contributed by atoms with Gasteiger partial charge in [0.1, 0.15) is 0 Å². The Hall–Kier alpha value is -0.160. The highest BCUT2D eigenvalue weighted by Gasteiger charge is 2.23. The summed E-state index contributed by atoms with van der Waals surface area (Å²) in [5.74, 6) is 3.20. The van der Waals surface area contributed by atoms with E-state index >= 15 is 0 Å². The summed E-state index contributed by atoms with van der Waals surface area (Å²) in [6.07, 6.45) is 3.62. The molecule has 2 rings (SSSR count). The first-order chi connectivity index (χ1) is 4.88. The molecule has 0 amide bonds. The van der Waals surface area contributed by atoms with Crippen LogP contribution in [0.15, 0.2) is 16.4 Å². The quantitative estimate of drug-likeness (QED) is 0.474. The molecule has 0 aromatic rings. The monoisotopic (exact) mass is 153 g/mol. The Kier molecular flexibility index (Phi) is 1.61. The average Bonchev–Trinajstić information content (AvgIpc) is 2.34. The van der Waals surface area contributed by atoms with Crippen molar-refractivity contribution in [1.29, 1.82) is 0 Å². The number of hydrogen-bond acceptors (Lipinski definition) is 1. The van der Waals surface area contributed by atoms with E-state index < -0.39 is 0 Å². The second-order valence-corrected chi connectivity index (χ2v) is 4.02. The molecule has 2 aliphatic rings. The molecule has 1 nitrogen and oxygen atoms in total. The highest BCUT2D eigenvalue weighted by molar-refractivity contribution is 7.41. The number of rotatable bonds is 0. The van der Waals surface area contributed by atoms with Crippen LogP contribution in [-0.2, 0) is 0 Å². The lowest BCUT2D eigenvalue weighted by atomic mass is 10.1. The zero-order valence-electron chi connectivity index (χ0n) is 6.22. The van der Waals surface area contributed by atoms with Crippen molar-refractivity contribution in [3.8, 4) is 0 Å². The Labute approximate surface area is 63.4 Å². The van der Waals surface area contributed by atoms with Gasteiger partial charge in [-0.15, -0.1) is 0 Å². The van der Waals surface area contributed by atoms with Crippen LogP contribution in [0.4, 0.5) is 0 Å². The maximum atomic E-state index is 4.50. The maximum absolute atomic E-state index is 4.50. The van der Waals surface area contributed by atoms with E-state index in [9.17, 15) is 0 Å². The first-order valence-corrected chi connectivity index (χ1v) is 5.13. The number of nitrogens with zero attached hydrogens (tertiary/aromatic N) is 1. The van der Waals surface area contributed by atoms with E-state index in [0.29, 0.717) is 0 Å². The summed E-state index contributed by atoms with van der Waals surface area (Å²) in [4.78, 5) is 4.50. The fourth-order valence-electron chi connectivity index (χ4n) is 1.63. The zero-order valence-corrected chi connectivity index (χ0v) is 7.22. The predicted molar refractivity (Wildman–Crippen MR) is 47.1 cm³/mol. The normalized spacial score (nSPS) is 33.5. The number of fused-ring (bicyclic) bond motifs is 1. The van der Waals surface area contributed by atoms with E-state index in [1.165, 1.54) is 18.6 Å². The van der Waals surface area contributed by atoms with Crippen molar-refractivity contribution in [1.82, 2.24) is 0 Å². The number of allylic oxidation sites excluding steroid dienone is 1. The van der Waals surface area contributed by atoms with Crippen LogP contribution >= 0.6 is 8.58 Å². The van der Waals surface area contributed by atoms with Crippen molar-refractivity contribution in [2.75, 3.05) is 6.29 Å². The molecule has 54 valence electrons. The minimum absolute atomic E-state index is 0.798. The first kappa shape index (κ1) is 6.54. The van der Waals surface area contributed by atoms with Gasteiger partial charge >= 0.3 is 0 Å². The Morgan fingerprint density at radius 3 is 3.40 bits per heavy atom. The van der Waals surface area contributed by atoms with Crippen LogP contribution in [0.25, 0.3) is 0 Å². The highest BCUT2D eigenvalue weighted by atomic mass is 31.1. The van der Waals surface area contributed by atoms with Gasteiger partial charge in [-0.3, -0.25) is 4.99 Å². The lowest BCUT2D eigenvalue weighted by Gasteiger charge is -2.09. The molecular formula is C8H12NP. The molecule has 2 atom stereocenters. The third-order valence-corrected chi connectivity index (χ3v) is 3.15. The Morgan fingerprint density at radius 1 is 1.70 bits per heavy atom. The van der Waals surface area contributed by atoms with E-state index in [1.807, 2.05) is 0 Å². The van der Waals surface area contributed by atoms with E-state index in [2.05, 4.69) is 17.7 Å². The van der Waals surface area contributed by atoms with E-state index in [0.717, 1.165) is 20.8 Å². The molecule has 0 saturated heterocycles. The summed E-state index contributed by atoms with van der Waals surface area (Å²) < 4.78 is 0. The molecule has 2 heteroatoms. The summed E-state index contributed by atoms with van der Waals surface area (Å²) in [5, 5.41) is 0. The van der Waals surface area contributed by atoms with Crippen molar-refractivity contribution in [2.45, 2.75) is 19.8 Å². The summed E-state index contributed by atoms with van der Waals surface area (Å²) >= 11 is 0. The molecule has 0 aromatic carbocycles. The third kappa shape index (κ3) is 0.932. The van der Waals surface area contributed by atoms with Gasteiger partial charge in [0.25, 0.3) is 0 Å².